The molecule has 1 aliphatic rings. The van der Waals surface area contributed by atoms with Crippen molar-refractivity contribution in [3.8, 4) is 0 Å². The van der Waals surface area contributed by atoms with Crippen molar-refractivity contribution in [3.05, 3.63) is 18.2 Å². The minimum absolute atomic E-state index is 0.0156. The number of amides is 1. The van der Waals surface area contributed by atoms with Gasteiger partial charge in [-0.1, -0.05) is 24.6 Å². The summed E-state index contributed by atoms with van der Waals surface area (Å²) >= 11 is 1.38. The Balaban J connectivity index is 1.83. The first kappa shape index (κ1) is 19.2. The first-order valence-electron chi connectivity index (χ1n) is 8.79. The lowest BCUT2D eigenvalue weighted by Crippen LogP contribution is -2.37. The van der Waals surface area contributed by atoms with Gasteiger partial charge >= 0.3 is 0 Å². The number of hydrogen-bond acceptors (Lipinski definition) is 5. The summed E-state index contributed by atoms with van der Waals surface area (Å²) in [6.07, 6.45) is 4.44. The highest BCUT2D eigenvalue weighted by molar-refractivity contribution is 8.00. The van der Waals surface area contributed by atoms with Crippen LogP contribution in [-0.4, -0.2) is 35.2 Å². The van der Waals surface area contributed by atoms with Crippen LogP contribution in [0.1, 0.15) is 39.5 Å². The molecule has 3 N–H and O–H groups in total. The number of primary sulfonamides is 1. The molecule has 1 aliphatic carbocycles. The fraction of sp³-hybridized carbons (Fsp3) is 0.529. The molecular formula is C17H24N4O3S2. The van der Waals surface area contributed by atoms with Crippen molar-refractivity contribution in [1.82, 2.24) is 14.9 Å². The molecule has 7 nitrogen and oxygen atoms in total. The Morgan fingerprint density at radius 3 is 2.73 bits per heavy atom. The second-order valence-electron chi connectivity index (χ2n) is 6.58. The maximum absolute atomic E-state index is 12.4. The number of benzene rings is 1. The highest BCUT2D eigenvalue weighted by atomic mass is 32.2. The molecule has 0 unspecified atom stereocenters. The van der Waals surface area contributed by atoms with E-state index in [1.807, 2.05) is 18.4 Å². The molecule has 1 saturated carbocycles. The van der Waals surface area contributed by atoms with Crippen LogP contribution in [0.2, 0.25) is 0 Å². The molecule has 0 spiro atoms. The number of imidazole rings is 1. The topological polar surface area (TPSA) is 107 Å². The van der Waals surface area contributed by atoms with Gasteiger partial charge < -0.3 is 9.88 Å². The Labute approximate surface area is 157 Å². The molecular weight excluding hydrogens is 372 g/mol. The van der Waals surface area contributed by atoms with E-state index in [-0.39, 0.29) is 22.1 Å². The van der Waals surface area contributed by atoms with Crippen LogP contribution < -0.4 is 10.5 Å². The average Bonchev–Trinajstić information content (AvgIpc) is 3.19. The number of carbonyl (C=O) groups excluding carboxylic acids is 1. The molecule has 26 heavy (non-hydrogen) atoms. The summed E-state index contributed by atoms with van der Waals surface area (Å²) in [5.41, 5.74) is 1.38. The van der Waals surface area contributed by atoms with Gasteiger partial charge in [-0.05, 0) is 44.9 Å². The fourth-order valence-electron chi connectivity index (χ4n) is 3.26. The maximum atomic E-state index is 12.4. The zero-order valence-electron chi connectivity index (χ0n) is 14.9. The minimum Gasteiger partial charge on any atom is -0.352 e. The van der Waals surface area contributed by atoms with Gasteiger partial charge in [0.25, 0.3) is 0 Å². The number of nitrogens with two attached hydrogens (primary N) is 1. The third-order valence-electron chi connectivity index (χ3n) is 4.68. The van der Waals surface area contributed by atoms with Crippen LogP contribution in [0.15, 0.2) is 28.3 Å². The summed E-state index contributed by atoms with van der Waals surface area (Å²) in [6, 6.07) is 4.95. The van der Waals surface area contributed by atoms with Gasteiger partial charge in [-0.2, -0.15) is 0 Å². The SMILES string of the molecule is CCn1c(S[C@H](C)C(=O)NC2CCCC2)nc2cc(S(N)(=O)=O)ccc21. The van der Waals surface area contributed by atoms with E-state index in [9.17, 15) is 13.2 Å². The highest BCUT2D eigenvalue weighted by Crippen LogP contribution is 2.29. The first-order valence-corrected chi connectivity index (χ1v) is 11.2. The van der Waals surface area contributed by atoms with Crippen molar-refractivity contribution in [3.63, 3.8) is 0 Å². The van der Waals surface area contributed by atoms with Gasteiger partial charge in [0.1, 0.15) is 0 Å². The standard InChI is InChI=1S/C17H24N4O3S2/c1-3-21-15-9-8-13(26(18,23)24)10-14(15)20-17(21)25-11(2)16(22)19-12-6-4-5-7-12/h8-12H,3-7H2,1-2H3,(H,19,22)(H2,18,23,24)/t11-/m1/s1. The summed E-state index contributed by atoms with van der Waals surface area (Å²) in [5, 5.41) is 8.72. The van der Waals surface area contributed by atoms with Crippen LogP contribution in [0.3, 0.4) is 0 Å². The van der Waals surface area contributed by atoms with Crippen molar-refractivity contribution in [1.29, 1.82) is 0 Å². The van der Waals surface area contributed by atoms with Gasteiger partial charge in [0.15, 0.2) is 5.16 Å². The number of carbonyl (C=O) groups is 1. The molecule has 1 aromatic carbocycles. The lowest BCUT2D eigenvalue weighted by molar-refractivity contribution is -0.120. The molecule has 142 valence electrons. The van der Waals surface area contributed by atoms with Gasteiger partial charge in [-0.25, -0.2) is 18.5 Å². The van der Waals surface area contributed by atoms with E-state index < -0.39 is 10.0 Å². The van der Waals surface area contributed by atoms with Crippen molar-refractivity contribution in [2.24, 2.45) is 5.14 Å². The maximum Gasteiger partial charge on any atom is 0.238 e. The summed E-state index contributed by atoms with van der Waals surface area (Å²) in [7, 11) is -3.77. The summed E-state index contributed by atoms with van der Waals surface area (Å²) in [4.78, 5) is 17.0. The Morgan fingerprint density at radius 2 is 2.12 bits per heavy atom. The molecule has 0 aliphatic heterocycles. The molecule has 2 aromatic rings. The van der Waals surface area contributed by atoms with Crippen LogP contribution in [0.5, 0.6) is 0 Å². The van der Waals surface area contributed by atoms with Crippen LogP contribution in [0, 0.1) is 0 Å². The molecule has 1 amide bonds. The quantitative estimate of drug-likeness (QED) is 0.728. The third kappa shape index (κ3) is 4.05. The van der Waals surface area contributed by atoms with Crippen LogP contribution in [0.25, 0.3) is 11.0 Å². The molecule has 0 bridgehead atoms. The summed E-state index contributed by atoms with van der Waals surface area (Å²) in [6.45, 7) is 4.52. The van der Waals surface area contributed by atoms with E-state index >= 15 is 0 Å². The predicted octanol–water partition coefficient (Wildman–Crippen LogP) is 2.24. The van der Waals surface area contributed by atoms with E-state index in [2.05, 4.69) is 10.3 Å². The number of hydrogen-bond donors (Lipinski definition) is 2. The summed E-state index contributed by atoms with van der Waals surface area (Å²) in [5.74, 6) is 0.0156. The lowest BCUT2D eigenvalue weighted by Gasteiger charge is -2.16. The molecule has 1 aromatic heterocycles. The van der Waals surface area contributed by atoms with Crippen molar-refractivity contribution in [2.75, 3.05) is 0 Å². The van der Waals surface area contributed by atoms with Gasteiger partial charge in [0.2, 0.25) is 15.9 Å². The number of thioether (sulfide) groups is 1. The molecule has 0 saturated heterocycles. The number of fused-ring (bicyclic) bond motifs is 1. The van der Waals surface area contributed by atoms with Crippen molar-refractivity contribution >= 4 is 38.7 Å². The van der Waals surface area contributed by atoms with E-state index in [0.29, 0.717) is 17.2 Å². The Kier molecular flexibility index (Phi) is 5.59. The molecule has 1 fully saturated rings. The van der Waals surface area contributed by atoms with Crippen LogP contribution in [0.4, 0.5) is 0 Å². The Hall–Kier alpha value is -1.58. The second-order valence-corrected chi connectivity index (χ2v) is 9.45. The number of nitrogens with one attached hydrogen (secondary N) is 1. The van der Waals surface area contributed by atoms with Crippen molar-refractivity contribution in [2.45, 2.75) is 67.4 Å². The third-order valence-corrected chi connectivity index (χ3v) is 6.68. The smallest absolute Gasteiger partial charge is 0.238 e. The first-order chi connectivity index (χ1) is 12.3. The van der Waals surface area contributed by atoms with E-state index in [4.69, 9.17) is 5.14 Å². The lowest BCUT2D eigenvalue weighted by atomic mass is 10.2. The fourth-order valence-corrected chi connectivity index (χ4v) is 4.79. The zero-order valence-corrected chi connectivity index (χ0v) is 16.6. The summed E-state index contributed by atoms with van der Waals surface area (Å²) < 4.78 is 25.1. The number of rotatable bonds is 6. The van der Waals surface area contributed by atoms with Gasteiger partial charge in [0.05, 0.1) is 21.2 Å². The van der Waals surface area contributed by atoms with E-state index in [1.54, 1.807) is 6.07 Å². The van der Waals surface area contributed by atoms with Gasteiger partial charge in [-0.3, -0.25) is 4.79 Å². The predicted molar refractivity (Wildman–Crippen MR) is 102 cm³/mol. The molecule has 3 rings (SSSR count). The van der Waals surface area contributed by atoms with E-state index in [0.717, 1.165) is 18.4 Å². The number of sulfonamides is 1. The number of aromatic nitrogens is 2. The number of nitrogens with zero attached hydrogens (tertiary/aromatic N) is 2. The Bertz CT molecular complexity index is 917. The molecule has 9 heteroatoms. The van der Waals surface area contributed by atoms with E-state index in [1.165, 1.54) is 36.7 Å². The van der Waals surface area contributed by atoms with Gasteiger partial charge in [0, 0.05) is 12.6 Å². The van der Waals surface area contributed by atoms with Gasteiger partial charge in [-0.15, -0.1) is 0 Å². The van der Waals surface area contributed by atoms with Crippen LogP contribution >= 0.6 is 11.8 Å². The highest BCUT2D eigenvalue weighted by Gasteiger charge is 2.23. The minimum atomic E-state index is -3.77. The van der Waals surface area contributed by atoms with Crippen LogP contribution in [-0.2, 0) is 21.4 Å². The molecule has 1 atom stereocenters. The van der Waals surface area contributed by atoms with Crippen molar-refractivity contribution < 1.29 is 13.2 Å². The second kappa shape index (κ2) is 7.58. The molecule has 1 heterocycles. The Morgan fingerprint density at radius 1 is 1.42 bits per heavy atom. The largest absolute Gasteiger partial charge is 0.352 e. The average molecular weight is 397 g/mol. The normalized spacial score (nSPS) is 16.9. The molecule has 0 radical (unpaired) electrons. The monoisotopic (exact) mass is 396 g/mol. The zero-order chi connectivity index (χ0) is 18.9. The number of aryl methyl sites for hydroxylation is 1.